The smallest absolute Gasteiger partial charge is 0.231 e. The third-order valence-corrected chi connectivity index (χ3v) is 3.14. The number of hydrogen-bond acceptors (Lipinski definition) is 4. The van der Waals surface area contributed by atoms with Crippen molar-refractivity contribution in [1.29, 1.82) is 0 Å². The zero-order chi connectivity index (χ0) is 12.3. The summed E-state index contributed by atoms with van der Waals surface area (Å²) in [6, 6.07) is 3.94. The average molecular weight is 237 g/mol. The summed E-state index contributed by atoms with van der Waals surface area (Å²) in [4.78, 5) is 0. The minimum absolute atomic E-state index is 0.234. The molecule has 4 nitrogen and oxygen atoms in total. The second-order valence-corrected chi connectivity index (χ2v) is 4.23. The average Bonchev–Trinajstić information content (AvgIpc) is 2.77. The Labute approximate surface area is 102 Å². The van der Waals surface area contributed by atoms with Gasteiger partial charge in [0.15, 0.2) is 11.5 Å². The summed E-state index contributed by atoms with van der Waals surface area (Å²) < 4.78 is 10.5. The Morgan fingerprint density at radius 2 is 1.88 bits per heavy atom. The quantitative estimate of drug-likeness (QED) is 0.825. The maximum Gasteiger partial charge on any atom is 0.231 e. The largest absolute Gasteiger partial charge is 0.507 e. The number of phenols is 1. The van der Waals surface area contributed by atoms with Crippen molar-refractivity contribution >= 4 is 0 Å². The molecule has 1 aromatic carbocycles. The van der Waals surface area contributed by atoms with E-state index in [9.17, 15) is 5.11 Å². The fourth-order valence-electron chi connectivity index (χ4n) is 1.95. The number of ether oxygens (including phenoxy) is 2. The minimum atomic E-state index is 0.234. The van der Waals surface area contributed by atoms with Crippen molar-refractivity contribution in [3.63, 3.8) is 0 Å². The van der Waals surface area contributed by atoms with E-state index in [2.05, 4.69) is 19.2 Å². The molecule has 0 spiro atoms. The van der Waals surface area contributed by atoms with Gasteiger partial charge in [0.25, 0.3) is 0 Å². The second kappa shape index (κ2) is 5.27. The van der Waals surface area contributed by atoms with E-state index in [1.807, 2.05) is 6.07 Å². The van der Waals surface area contributed by atoms with Crippen LogP contribution in [0, 0.1) is 0 Å². The fraction of sp³-hybridized carbons (Fsp3) is 0.538. The zero-order valence-corrected chi connectivity index (χ0v) is 10.3. The molecule has 17 heavy (non-hydrogen) atoms. The molecule has 94 valence electrons. The van der Waals surface area contributed by atoms with E-state index in [4.69, 9.17) is 9.47 Å². The van der Waals surface area contributed by atoms with Crippen LogP contribution in [-0.4, -0.2) is 17.9 Å². The van der Waals surface area contributed by atoms with E-state index in [0.29, 0.717) is 24.1 Å². The van der Waals surface area contributed by atoms with Crippen molar-refractivity contribution in [1.82, 2.24) is 5.32 Å². The highest BCUT2D eigenvalue weighted by molar-refractivity contribution is 5.51. The number of nitrogens with one attached hydrogen (secondary N) is 1. The minimum Gasteiger partial charge on any atom is -0.507 e. The highest BCUT2D eigenvalue weighted by Crippen LogP contribution is 2.37. The summed E-state index contributed by atoms with van der Waals surface area (Å²) in [6.07, 6.45) is 2.17. The van der Waals surface area contributed by atoms with Crippen LogP contribution in [0.2, 0.25) is 0 Å². The van der Waals surface area contributed by atoms with Crippen LogP contribution in [0.15, 0.2) is 12.1 Å². The lowest BCUT2D eigenvalue weighted by molar-refractivity contribution is 0.174. The molecular formula is C13H19NO3. The number of aromatic hydroxyl groups is 1. The van der Waals surface area contributed by atoms with E-state index in [-0.39, 0.29) is 12.5 Å². The Morgan fingerprint density at radius 1 is 1.24 bits per heavy atom. The first-order chi connectivity index (χ1) is 8.24. The Bertz CT molecular complexity index is 388. The maximum absolute atomic E-state index is 9.86. The monoisotopic (exact) mass is 237 g/mol. The molecule has 1 aliphatic rings. The number of rotatable bonds is 5. The van der Waals surface area contributed by atoms with Gasteiger partial charge in [0, 0.05) is 24.2 Å². The molecular weight excluding hydrogens is 218 g/mol. The summed E-state index contributed by atoms with van der Waals surface area (Å²) in [7, 11) is 0. The third-order valence-electron chi connectivity index (χ3n) is 3.14. The molecule has 0 saturated carbocycles. The number of benzene rings is 1. The van der Waals surface area contributed by atoms with Crippen molar-refractivity contribution in [2.45, 2.75) is 39.3 Å². The van der Waals surface area contributed by atoms with Crippen LogP contribution >= 0.6 is 0 Å². The van der Waals surface area contributed by atoms with Crippen molar-refractivity contribution in [2.24, 2.45) is 0 Å². The van der Waals surface area contributed by atoms with Crippen LogP contribution in [0.1, 0.15) is 32.3 Å². The molecule has 0 amide bonds. The number of phenolic OH excluding ortho intramolecular Hbond substituents is 1. The summed E-state index contributed by atoms with van der Waals surface area (Å²) in [5.74, 6) is 1.59. The molecule has 0 radical (unpaired) electrons. The van der Waals surface area contributed by atoms with Crippen LogP contribution in [0.25, 0.3) is 0 Å². The first kappa shape index (κ1) is 12.0. The van der Waals surface area contributed by atoms with Crippen molar-refractivity contribution < 1.29 is 14.6 Å². The predicted molar refractivity (Wildman–Crippen MR) is 65.4 cm³/mol. The molecule has 1 aliphatic heterocycles. The van der Waals surface area contributed by atoms with Gasteiger partial charge in [-0.1, -0.05) is 13.8 Å². The molecule has 2 rings (SSSR count). The molecule has 0 saturated heterocycles. The molecule has 1 heterocycles. The SMILES string of the molecule is CCC(CC)NCc1cc2c(cc1O)OCO2. The maximum atomic E-state index is 9.86. The topological polar surface area (TPSA) is 50.7 Å². The van der Waals surface area contributed by atoms with Gasteiger partial charge in [0.1, 0.15) is 5.75 Å². The van der Waals surface area contributed by atoms with Gasteiger partial charge in [-0.2, -0.15) is 0 Å². The number of hydrogen-bond donors (Lipinski definition) is 2. The molecule has 0 unspecified atom stereocenters. The molecule has 0 aliphatic carbocycles. The van der Waals surface area contributed by atoms with Crippen LogP contribution in [0.4, 0.5) is 0 Å². The van der Waals surface area contributed by atoms with Crippen LogP contribution < -0.4 is 14.8 Å². The van der Waals surface area contributed by atoms with Crippen molar-refractivity contribution in [2.75, 3.05) is 6.79 Å². The summed E-state index contributed by atoms with van der Waals surface area (Å²) in [5, 5.41) is 13.3. The van der Waals surface area contributed by atoms with E-state index in [1.165, 1.54) is 0 Å². The van der Waals surface area contributed by atoms with Crippen molar-refractivity contribution in [3.8, 4) is 17.2 Å². The summed E-state index contributed by atoms with van der Waals surface area (Å²) >= 11 is 0. The lowest BCUT2D eigenvalue weighted by Gasteiger charge is -2.15. The lowest BCUT2D eigenvalue weighted by atomic mass is 10.1. The highest BCUT2D eigenvalue weighted by Gasteiger charge is 2.17. The molecule has 0 aromatic heterocycles. The van der Waals surface area contributed by atoms with Gasteiger partial charge >= 0.3 is 0 Å². The molecule has 1 aromatic rings. The van der Waals surface area contributed by atoms with Gasteiger partial charge in [-0.3, -0.25) is 0 Å². The van der Waals surface area contributed by atoms with Gasteiger partial charge < -0.3 is 19.9 Å². The molecule has 4 heteroatoms. The Kier molecular flexibility index (Phi) is 3.74. The summed E-state index contributed by atoms with van der Waals surface area (Å²) in [6.45, 7) is 5.19. The second-order valence-electron chi connectivity index (χ2n) is 4.23. The highest BCUT2D eigenvalue weighted by atomic mass is 16.7. The van der Waals surface area contributed by atoms with E-state index in [1.54, 1.807) is 6.07 Å². The van der Waals surface area contributed by atoms with Crippen molar-refractivity contribution in [3.05, 3.63) is 17.7 Å². The molecule has 0 fully saturated rings. The standard InChI is InChI=1S/C13H19NO3/c1-3-10(4-2)14-7-9-5-12-13(6-11(9)15)17-8-16-12/h5-6,10,14-15H,3-4,7-8H2,1-2H3. The third kappa shape index (κ3) is 2.64. The van der Waals surface area contributed by atoms with Gasteiger partial charge in [0.05, 0.1) is 0 Å². The van der Waals surface area contributed by atoms with E-state index in [0.717, 1.165) is 18.4 Å². The summed E-state index contributed by atoms with van der Waals surface area (Å²) in [5.41, 5.74) is 0.848. The predicted octanol–water partition coefficient (Wildman–Crippen LogP) is 2.40. The first-order valence-corrected chi connectivity index (χ1v) is 6.09. The molecule has 0 bridgehead atoms. The van der Waals surface area contributed by atoms with Crippen LogP contribution in [-0.2, 0) is 6.54 Å². The van der Waals surface area contributed by atoms with Gasteiger partial charge in [-0.15, -0.1) is 0 Å². The lowest BCUT2D eigenvalue weighted by Crippen LogP contribution is -2.26. The first-order valence-electron chi connectivity index (χ1n) is 6.09. The van der Waals surface area contributed by atoms with E-state index >= 15 is 0 Å². The van der Waals surface area contributed by atoms with Crippen LogP contribution in [0.3, 0.4) is 0 Å². The Hall–Kier alpha value is -1.42. The van der Waals surface area contributed by atoms with Gasteiger partial charge in [0.2, 0.25) is 6.79 Å². The van der Waals surface area contributed by atoms with Gasteiger partial charge in [-0.05, 0) is 18.9 Å². The van der Waals surface area contributed by atoms with Gasteiger partial charge in [-0.25, -0.2) is 0 Å². The Balaban J connectivity index is 2.06. The Morgan fingerprint density at radius 3 is 2.53 bits per heavy atom. The fourth-order valence-corrected chi connectivity index (χ4v) is 1.95. The number of fused-ring (bicyclic) bond motifs is 1. The van der Waals surface area contributed by atoms with Crippen LogP contribution in [0.5, 0.6) is 17.2 Å². The zero-order valence-electron chi connectivity index (χ0n) is 10.3. The molecule has 2 N–H and O–H groups in total. The molecule has 0 atom stereocenters. The van der Waals surface area contributed by atoms with E-state index < -0.39 is 0 Å². The normalized spacial score (nSPS) is 13.4.